The van der Waals surface area contributed by atoms with Gasteiger partial charge in [-0.2, -0.15) is 0 Å². The van der Waals surface area contributed by atoms with Gasteiger partial charge in [0, 0.05) is 17.2 Å². The lowest BCUT2D eigenvalue weighted by Crippen LogP contribution is -2.05. The SMILES string of the molecule is Cc1ccc(/C=C2\N=C(c3ccc(Cl)c(Cl)c3)OC2=O)cc1[N+](=O)[O-]. The molecule has 0 saturated heterocycles. The summed E-state index contributed by atoms with van der Waals surface area (Å²) >= 11 is 11.8. The van der Waals surface area contributed by atoms with E-state index in [2.05, 4.69) is 4.99 Å². The topological polar surface area (TPSA) is 81.8 Å². The van der Waals surface area contributed by atoms with Crippen LogP contribution < -0.4 is 0 Å². The van der Waals surface area contributed by atoms with Gasteiger partial charge in [0.2, 0.25) is 5.90 Å². The highest BCUT2D eigenvalue weighted by molar-refractivity contribution is 6.42. The van der Waals surface area contributed by atoms with Crippen molar-refractivity contribution in [3.63, 3.8) is 0 Å². The number of nitrogens with zero attached hydrogens (tertiary/aromatic N) is 2. The molecule has 6 nitrogen and oxygen atoms in total. The Morgan fingerprint density at radius 2 is 1.92 bits per heavy atom. The molecule has 126 valence electrons. The number of rotatable bonds is 3. The number of carbonyl (C=O) groups excluding carboxylic acids is 1. The van der Waals surface area contributed by atoms with E-state index >= 15 is 0 Å². The Balaban J connectivity index is 1.97. The summed E-state index contributed by atoms with van der Waals surface area (Å²) in [7, 11) is 0. The Kier molecular flexibility index (Phi) is 4.57. The number of ether oxygens (including phenoxy) is 1. The molecule has 0 amide bonds. The zero-order valence-corrected chi connectivity index (χ0v) is 14.3. The molecule has 0 fully saturated rings. The monoisotopic (exact) mass is 376 g/mol. The van der Waals surface area contributed by atoms with E-state index < -0.39 is 10.9 Å². The first-order valence-corrected chi connectivity index (χ1v) is 7.84. The van der Waals surface area contributed by atoms with Crippen LogP contribution in [0.15, 0.2) is 47.1 Å². The van der Waals surface area contributed by atoms with Gasteiger partial charge in [0.15, 0.2) is 5.70 Å². The van der Waals surface area contributed by atoms with Crippen molar-refractivity contribution in [2.24, 2.45) is 4.99 Å². The van der Waals surface area contributed by atoms with Gasteiger partial charge in [0.1, 0.15) is 0 Å². The zero-order chi connectivity index (χ0) is 18.1. The standard InChI is InChI=1S/C17H10Cl2N2O4/c1-9-2-3-10(7-15(9)21(23)24)6-14-17(22)25-16(20-14)11-4-5-12(18)13(19)8-11/h2-8H,1H3/b14-6-. The predicted octanol–water partition coefficient (Wildman–Crippen LogP) is 4.55. The van der Waals surface area contributed by atoms with Gasteiger partial charge < -0.3 is 4.74 Å². The van der Waals surface area contributed by atoms with E-state index in [1.165, 1.54) is 18.2 Å². The molecule has 25 heavy (non-hydrogen) atoms. The average Bonchev–Trinajstić information content (AvgIpc) is 2.92. The fourth-order valence-corrected chi connectivity index (χ4v) is 2.53. The molecule has 1 aliphatic heterocycles. The molecule has 8 heteroatoms. The van der Waals surface area contributed by atoms with Gasteiger partial charge >= 0.3 is 5.97 Å². The summed E-state index contributed by atoms with van der Waals surface area (Å²) in [4.78, 5) is 26.7. The van der Waals surface area contributed by atoms with Crippen LogP contribution in [0.1, 0.15) is 16.7 Å². The van der Waals surface area contributed by atoms with Crippen LogP contribution >= 0.6 is 23.2 Å². The van der Waals surface area contributed by atoms with E-state index in [1.54, 1.807) is 31.2 Å². The van der Waals surface area contributed by atoms with Crippen LogP contribution in [0.3, 0.4) is 0 Å². The molecule has 3 rings (SSSR count). The third-order valence-corrected chi connectivity index (χ3v) is 4.26. The summed E-state index contributed by atoms with van der Waals surface area (Å²) in [5.74, 6) is -0.555. The molecule has 1 aliphatic rings. The molecule has 0 aromatic heterocycles. The van der Waals surface area contributed by atoms with Gasteiger partial charge in [-0.25, -0.2) is 9.79 Å². The van der Waals surface area contributed by atoms with Crippen molar-refractivity contribution in [1.29, 1.82) is 0 Å². The van der Waals surface area contributed by atoms with Crippen LogP contribution in [0, 0.1) is 17.0 Å². The Morgan fingerprint density at radius 1 is 1.16 bits per heavy atom. The molecule has 0 atom stereocenters. The molecule has 2 aromatic carbocycles. The number of nitro benzene ring substituents is 1. The number of hydrogen-bond acceptors (Lipinski definition) is 5. The summed E-state index contributed by atoms with van der Waals surface area (Å²) in [5.41, 5.74) is 1.51. The lowest BCUT2D eigenvalue weighted by atomic mass is 10.1. The zero-order valence-electron chi connectivity index (χ0n) is 12.8. The second-order valence-electron chi connectivity index (χ2n) is 5.27. The molecule has 0 radical (unpaired) electrons. The van der Waals surface area contributed by atoms with Crippen molar-refractivity contribution < 1.29 is 14.5 Å². The first kappa shape index (κ1) is 17.1. The minimum Gasteiger partial charge on any atom is -0.402 e. The fraction of sp³-hybridized carbons (Fsp3) is 0.0588. The Labute approximate surface area is 152 Å². The van der Waals surface area contributed by atoms with E-state index in [0.717, 1.165) is 0 Å². The molecule has 0 N–H and O–H groups in total. The molecule has 0 bridgehead atoms. The first-order chi connectivity index (χ1) is 11.8. The van der Waals surface area contributed by atoms with Crippen LogP contribution in [0.25, 0.3) is 6.08 Å². The second-order valence-corrected chi connectivity index (χ2v) is 6.08. The van der Waals surface area contributed by atoms with Crippen LogP contribution in [0.2, 0.25) is 10.0 Å². The lowest BCUT2D eigenvalue weighted by Gasteiger charge is -2.01. The number of cyclic esters (lactones) is 1. The smallest absolute Gasteiger partial charge is 0.363 e. The summed E-state index contributed by atoms with van der Waals surface area (Å²) in [6, 6.07) is 9.38. The summed E-state index contributed by atoms with van der Waals surface area (Å²) < 4.78 is 5.14. The van der Waals surface area contributed by atoms with Gasteiger partial charge in [-0.15, -0.1) is 0 Å². The molecular formula is C17H10Cl2N2O4. The minimum absolute atomic E-state index is 0.0330. The van der Waals surface area contributed by atoms with Crippen LogP contribution in [0.4, 0.5) is 5.69 Å². The van der Waals surface area contributed by atoms with Crippen molar-refractivity contribution in [3.8, 4) is 0 Å². The largest absolute Gasteiger partial charge is 0.402 e. The predicted molar refractivity (Wildman–Crippen MR) is 94.9 cm³/mol. The van der Waals surface area contributed by atoms with Gasteiger partial charge in [0.05, 0.1) is 15.0 Å². The quantitative estimate of drug-likeness (QED) is 0.340. The third kappa shape index (κ3) is 3.55. The third-order valence-electron chi connectivity index (χ3n) is 3.52. The van der Waals surface area contributed by atoms with Gasteiger partial charge in [-0.1, -0.05) is 35.3 Å². The Bertz CT molecular complexity index is 967. The number of nitro groups is 1. The van der Waals surface area contributed by atoms with E-state index in [1.807, 2.05) is 0 Å². The first-order valence-electron chi connectivity index (χ1n) is 7.08. The van der Waals surface area contributed by atoms with Crippen LogP contribution in [-0.4, -0.2) is 16.8 Å². The fourth-order valence-electron chi connectivity index (χ4n) is 2.23. The van der Waals surface area contributed by atoms with Crippen molar-refractivity contribution in [2.45, 2.75) is 6.92 Å². The van der Waals surface area contributed by atoms with Crippen molar-refractivity contribution in [1.82, 2.24) is 0 Å². The molecule has 2 aromatic rings. The maximum atomic E-state index is 12.0. The van der Waals surface area contributed by atoms with Crippen LogP contribution in [0.5, 0.6) is 0 Å². The summed E-state index contributed by atoms with van der Waals surface area (Å²) in [6.45, 7) is 1.64. The van der Waals surface area contributed by atoms with Gasteiger partial charge in [-0.3, -0.25) is 10.1 Å². The molecule has 0 spiro atoms. The number of hydrogen-bond donors (Lipinski definition) is 0. The van der Waals surface area contributed by atoms with Crippen LogP contribution in [-0.2, 0) is 9.53 Å². The normalized spacial score (nSPS) is 15.2. The highest BCUT2D eigenvalue weighted by Gasteiger charge is 2.25. The van der Waals surface area contributed by atoms with Crippen molar-refractivity contribution in [2.75, 3.05) is 0 Å². The number of aliphatic imine (C=N–C) groups is 1. The maximum Gasteiger partial charge on any atom is 0.363 e. The highest BCUT2D eigenvalue weighted by atomic mass is 35.5. The molecule has 0 saturated carbocycles. The average molecular weight is 377 g/mol. The van der Waals surface area contributed by atoms with E-state index in [4.69, 9.17) is 27.9 Å². The number of benzene rings is 2. The minimum atomic E-state index is -0.649. The van der Waals surface area contributed by atoms with Gasteiger partial charge in [-0.05, 0) is 36.8 Å². The molecule has 0 aliphatic carbocycles. The lowest BCUT2D eigenvalue weighted by molar-refractivity contribution is -0.385. The Hall–Kier alpha value is -2.70. The summed E-state index contributed by atoms with van der Waals surface area (Å²) in [6.07, 6.45) is 1.43. The second kappa shape index (κ2) is 6.66. The highest BCUT2D eigenvalue weighted by Crippen LogP contribution is 2.26. The molecular weight excluding hydrogens is 367 g/mol. The summed E-state index contributed by atoms with van der Waals surface area (Å²) in [5, 5.41) is 11.7. The van der Waals surface area contributed by atoms with E-state index in [-0.39, 0.29) is 17.3 Å². The molecule has 0 unspecified atom stereocenters. The number of halogens is 2. The van der Waals surface area contributed by atoms with Crippen molar-refractivity contribution >= 4 is 46.8 Å². The maximum absolute atomic E-state index is 12.0. The number of aryl methyl sites for hydroxylation is 1. The van der Waals surface area contributed by atoms with E-state index in [0.29, 0.717) is 26.7 Å². The molecule has 1 heterocycles. The van der Waals surface area contributed by atoms with Gasteiger partial charge in [0.25, 0.3) is 5.69 Å². The Morgan fingerprint density at radius 3 is 2.60 bits per heavy atom. The van der Waals surface area contributed by atoms with Crippen molar-refractivity contribution in [3.05, 3.63) is 78.9 Å². The number of carbonyl (C=O) groups is 1. The van der Waals surface area contributed by atoms with E-state index in [9.17, 15) is 14.9 Å². The number of esters is 1.